The molecule has 4 heteroatoms. The third kappa shape index (κ3) is 3.70. The Morgan fingerprint density at radius 1 is 1.21 bits per heavy atom. The van der Waals surface area contributed by atoms with E-state index in [0.29, 0.717) is 10.6 Å². The minimum atomic E-state index is -0.661. The zero-order valence-electron chi connectivity index (χ0n) is 7.08. The molecule has 0 N–H and O–H groups in total. The first-order chi connectivity index (χ1) is 6.59. The SMILES string of the molecule is O=C(/C=C/C(Cl)Cl)c1ccc(Cl)cc1. The summed E-state index contributed by atoms with van der Waals surface area (Å²) in [5.74, 6) is -0.145. The van der Waals surface area contributed by atoms with Crippen LogP contribution in [0.15, 0.2) is 36.4 Å². The Hall–Kier alpha value is -0.500. The fourth-order valence-corrected chi connectivity index (χ4v) is 1.14. The van der Waals surface area contributed by atoms with Gasteiger partial charge in [-0.3, -0.25) is 4.79 Å². The number of allylic oxidation sites excluding steroid dienone is 2. The zero-order valence-corrected chi connectivity index (χ0v) is 9.35. The van der Waals surface area contributed by atoms with Gasteiger partial charge in [0.1, 0.15) is 4.84 Å². The molecular weight excluding hydrogens is 242 g/mol. The van der Waals surface area contributed by atoms with Crippen molar-refractivity contribution >= 4 is 40.6 Å². The second-order valence-electron chi connectivity index (χ2n) is 2.56. The summed E-state index contributed by atoms with van der Waals surface area (Å²) in [6.07, 6.45) is 2.76. The van der Waals surface area contributed by atoms with Crippen molar-refractivity contribution < 1.29 is 4.79 Å². The summed E-state index contributed by atoms with van der Waals surface area (Å²) >= 11 is 16.6. The second-order valence-corrected chi connectivity index (χ2v) is 4.16. The molecule has 0 heterocycles. The van der Waals surface area contributed by atoms with Crippen molar-refractivity contribution in [3.63, 3.8) is 0 Å². The van der Waals surface area contributed by atoms with E-state index in [2.05, 4.69) is 0 Å². The molecule has 0 unspecified atom stereocenters. The maximum atomic E-state index is 11.4. The highest BCUT2D eigenvalue weighted by atomic mass is 35.5. The van der Waals surface area contributed by atoms with Crippen molar-refractivity contribution in [1.82, 2.24) is 0 Å². The van der Waals surface area contributed by atoms with Gasteiger partial charge in [-0.2, -0.15) is 0 Å². The van der Waals surface area contributed by atoms with Gasteiger partial charge in [0.25, 0.3) is 0 Å². The third-order valence-corrected chi connectivity index (χ3v) is 2.06. The van der Waals surface area contributed by atoms with Crippen LogP contribution in [0, 0.1) is 0 Å². The summed E-state index contributed by atoms with van der Waals surface area (Å²) in [6.45, 7) is 0. The van der Waals surface area contributed by atoms with E-state index in [1.807, 2.05) is 0 Å². The summed E-state index contributed by atoms with van der Waals surface area (Å²) in [7, 11) is 0. The molecule has 0 aliphatic carbocycles. The molecule has 1 aromatic rings. The number of hydrogen-bond donors (Lipinski definition) is 0. The van der Waals surface area contributed by atoms with Crippen molar-refractivity contribution in [3.05, 3.63) is 47.0 Å². The Labute approximate surface area is 97.3 Å². The molecule has 0 atom stereocenters. The van der Waals surface area contributed by atoms with Gasteiger partial charge in [0.15, 0.2) is 5.78 Å². The van der Waals surface area contributed by atoms with Crippen molar-refractivity contribution in [3.8, 4) is 0 Å². The van der Waals surface area contributed by atoms with Crippen molar-refractivity contribution in [1.29, 1.82) is 0 Å². The van der Waals surface area contributed by atoms with Gasteiger partial charge < -0.3 is 0 Å². The Morgan fingerprint density at radius 2 is 1.79 bits per heavy atom. The summed E-state index contributed by atoms with van der Waals surface area (Å²) in [5.41, 5.74) is 0.555. The molecule has 0 aliphatic heterocycles. The maximum Gasteiger partial charge on any atom is 0.185 e. The number of carbonyl (C=O) groups excluding carboxylic acids is 1. The van der Waals surface area contributed by atoms with Crippen LogP contribution < -0.4 is 0 Å². The molecule has 0 saturated heterocycles. The van der Waals surface area contributed by atoms with Crippen LogP contribution in [0.1, 0.15) is 10.4 Å². The summed E-state index contributed by atoms with van der Waals surface area (Å²) < 4.78 is 0. The topological polar surface area (TPSA) is 17.1 Å². The molecular formula is C10H7Cl3O. The Kier molecular flexibility index (Phi) is 4.46. The molecule has 0 radical (unpaired) electrons. The molecule has 0 aliphatic rings. The van der Waals surface area contributed by atoms with Gasteiger partial charge in [0.05, 0.1) is 0 Å². The summed E-state index contributed by atoms with van der Waals surface area (Å²) in [6, 6.07) is 6.60. The predicted molar refractivity (Wildman–Crippen MR) is 60.4 cm³/mol. The fourth-order valence-electron chi connectivity index (χ4n) is 0.871. The summed E-state index contributed by atoms with van der Waals surface area (Å²) in [4.78, 5) is 10.8. The van der Waals surface area contributed by atoms with Crippen LogP contribution in [-0.2, 0) is 0 Å². The quantitative estimate of drug-likeness (QED) is 0.451. The van der Waals surface area contributed by atoms with Crippen LogP contribution in [-0.4, -0.2) is 10.6 Å². The first-order valence-corrected chi connectivity index (χ1v) is 5.11. The van der Waals surface area contributed by atoms with E-state index in [0.717, 1.165) is 0 Å². The molecule has 1 nitrogen and oxygen atoms in total. The molecule has 0 aromatic heterocycles. The molecule has 74 valence electrons. The van der Waals surface area contributed by atoms with Gasteiger partial charge in [-0.1, -0.05) is 11.6 Å². The Morgan fingerprint density at radius 3 is 2.29 bits per heavy atom. The minimum Gasteiger partial charge on any atom is -0.289 e. The molecule has 0 saturated carbocycles. The van der Waals surface area contributed by atoms with E-state index in [4.69, 9.17) is 34.8 Å². The number of carbonyl (C=O) groups is 1. The smallest absolute Gasteiger partial charge is 0.185 e. The van der Waals surface area contributed by atoms with Gasteiger partial charge in [-0.25, -0.2) is 0 Å². The predicted octanol–water partition coefficient (Wildman–Crippen LogP) is 3.88. The van der Waals surface area contributed by atoms with Crippen LogP contribution in [0.3, 0.4) is 0 Å². The van der Waals surface area contributed by atoms with E-state index in [9.17, 15) is 4.79 Å². The van der Waals surface area contributed by atoms with Crippen LogP contribution in [0.5, 0.6) is 0 Å². The van der Waals surface area contributed by atoms with Gasteiger partial charge >= 0.3 is 0 Å². The van der Waals surface area contributed by atoms with E-state index >= 15 is 0 Å². The van der Waals surface area contributed by atoms with E-state index in [-0.39, 0.29) is 5.78 Å². The first kappa shape index (κ1) is 11.6. The lowest BCUT2D eigenvalue weighted by molar-refractivity contribution is 0.104. The number of ketones is 1. The third-order valence-electron chi connectivity index (χ3n) is 1.52. The van der Waals surface area contributed by atoms with Crippen LogP contribution in [0.25, 0.3) is 0 Å². The number of benzene rings is 1. The minimum absolute atomic E-state index is 0.145. The number of alkyl halides is 2. The molecule has 0 spiro atoms. The Bertz CT molecular complexity index is 341. The summed E-state index contributed by atoms with van der Waals surface area (Å²) in [5, 5.41) is 0.595. The standard InChI is InChI=1S/C10H7Cl3O/c11-8-3-1-7(2-4-8)9(14)5-6-10(12)13/h1-6,10H/b6-5+. The lowest BCUT2D eigenvalue weighted by atomic mass is 10.1. The van der Waals surface area contributed by atoms with Gasteiger partial charge in [0.2, 0.25) is 0 Å². The van der Waals surface area contributed by atoms with Crippen LogP contribution in [0.4, 0.5) is 0 Å². The lowest BCUT2D eigenvalue weighted by Gasteiger charge is -1.95. The number of hydrogen-bond acceptors (Lipinski definition) is 1. The monoisotopic (exact) mass is 248 g/mol. The van der Waals surface area contributed by atoms with Crippen LogP contribution in [0.2, 0.25) is 5.02 Å². The molecule has 1 rings (SSSR count). The number of rotatable bonds is 3. The average molecular weight is 250 g/mol. The highest BCUT2D eigenvalue weighted by Gasteiger charge is 2.01. The Balaban J connectivity index is 2.75. The average Bonchev–Trinajstić information content (AvgIpc) is 2.15. The molecule has 1 aromatic carbocycles. The lowest BCUT2D eigenvalue weighted by Crippen LogP contribution is -1.94. The highest BCUT2D eigenvalue weighted by Crippen LogP contribution is 2.11. The zero-order chi connectivity index (χ0) is 10.6. The van der Waals surface area contributed by atoms with Gasteiger partial charge in [0, 0.05) is 10.6 Å². The van der Waals surface area contributed by atoms with Gasteiger partial charge in [-0.05, 0) is 36.4 Å². The van der Waals surface area contributed by atoms with E-state index in [1.165, 1.54) is 12.2 Å². The second kappa shape index (κ2) is 5.40. The first-order valence-electron chi connectivity index (χ1n) is 3.86. The van der Waals surface area contributed by atoms with Crippen LogP contribution >= 0.6 is 34.8 Å². The maximum absolute atomic E-state index is 11.4. The highest BCUT2D eigenvalue weighted by molar-refractivity contribution is 6.45. The number of halogens is 3. The largest absolute Gasteiger partial charge is 0.289 e. The molecule has 0 amide bonds. The fraction of sp³-hybridized carbons (Fsp3) is 0.100. The normalized spacial score (nSPS) is 11.1. The van der Waals surface area contributed by atoms with E-state index < -0.39 is 4.84 Å². The van der Waals surface area contributed by atoms with E-state index in [1.54, 1.807) is 24.3 Å². The molecule has 14 heavy (non-hydrogen) atoms. The van der Waals surface area contributed by atoms with Gasteiger partial charge in [-0.15, -0.1) is 23.2 Å². The van der Waals surface area contributed by atoms with Crippen molar-refractivity contribution in [2.75, 3.05) is 0 Å². The van der Waals surface area contributed by atoms with Crippen molar-refractivity contribution in [2.24, 2.45) is 0 Å². The molecule has 0 bridgehead atoms. The van der Waals surface area contributed by atoms with Crippen molar-refractivity contribution in [2.45, 2.75) is 4.84 Å². The molecule has 0 fully saturated rings.